The van der Waals surface area contributed by atoms with E-state index in [1.54, 1.807) is 38.7 Å². The van der Waals surface area contributed by atoms with Crippen LogP contribution in [0.4, 0.5) is 15.4 Å². The third-order valence-electron chi connectivity index (χ3n) is 7.41. The number of nitrogens with zero attached hydrogens (tertiary/aromatic N) is 8. The normalized spacial score (nSPS) is 19.6. The Morgan fingerprint density at radius 3 is 2.50 bits per heavy atom. The fraction of sp³-hybridized carbons (Fsp3) is 0.462. The van der Waals surface area contributed by atoms with Crippen LogP contribution in [0.5, 0.6) is 5.88 Å². The molecule has 40 heavy (non-hydrogen) atoms. The molecule has 0 saturated carbocycles. The standard InChI is InChI=1S/C26H30N8O6/c1-30-14-17(12-22(30)35)40-26(37)32-10-8-31(9-11-32)21-5-7-34-23(29-21)20(13-28-34)19-4-3-6-27-24(19)39-18-15-33(16-18)25(36)38-2/h3-7,13,17-18H,8-12,14-16H2,1-2H3/t17-/m1/s1. The smallest absolute Gasteiger partial charge is 0.410 e. The van der Waals surface area contributed by atoms with Crippen molar-refractivity contribution in [2.45, 2.75) is 18.6 Å². The van der Waals surface area contributed by atoms with Gasteiger partial charge in [-0.1, -0.05) is 0 Å². The van der Waals surface area contributed by atoms with Crippen molar-refractivity contribution in [2.24, 2.45) is 0 Å². The number of aromatic nitrogens is 4. The van der Waals surface area contributed by atoms with E-state index in [-0.39, 0.29) is 30.6 Å². The van der Waals surface area contributed by atoms with E-state index in [4.69, 9.17) is 19.2 Å². The molecule has 0 aromatic carbocycles. The fourth-order valence-electron chi connectivity index (χ4n) is 5.10. The summed E-state index contributed by atoms with van der Waals surface area (Å²) in [5.74, 6) is 1.20. The van der Waals surface area contributed by atoms with Gasteiger partial charge in [0.2, 0.25) is 11.8 Å². The van der Waals surface area contributed by atoms with Gasteiger partial charge in [-0.3, -0.25) is 4.79 Å². The van der Waals surface area contributed by atoms with E-state index in [0.717, 1.165) is 16.9 Å². The molecule has 14 nitrogen and oxygen atoms in total. The van der Waals surface area contributed by atoms with E-state index in [2.05, 4.69) is 15.0 Å². The number of fused-ring (bicyclic) bond motifs is 1. The summed E-state index contributed by atoms with van der Waals surface area (Å²) in [5, 5.41) is 4.46. The number of carbonyl (C=O) groups excluding carboxylic acids is 3. The lowest BCUT2D eigenvalue weighted by molar-refractivity contribution is -0.126. The van der Waals surface area contributed by atoms with Crippen molar-refractivity contribution in [2.75, 3.05) is 64.9 Å². The summed E-state index contributed by atoms with van der Waals surface area (Å²) in [6.07, 6.45) is 4.13. The third kappa shape index (κ3) is 4.92. The second-order valence-electron chi connectivity index (χ2n) is 10.0. The Kier molecular flexibility index (Phi) is 6.74. The van der Waals surface area contributed by atoms with Crippen LogP contribution < -0.4 is 9.64 Å². The number of pyridine rings is 1. The topological polar surface area (TPSA) is 135 Å². The van der Waals surface area contributed by atoms with Gasteiger partial charge >= 0.3 is 12.2 Å². The summed E-state index contributed by atoms with van der Waals surface area (Å²) in [7, 11) is 3.06. The number of carbonyl (C=O) groups is 3. The molecular weight excluding hydrogens is 520 g/mol. The Bertz CT molecular complexity index is 1430. The lowest BCUT2D eigenvalue weighted by Crippen LogP contribution is -2.56. The average molecular weight is 551 g/mol. The van der Waals surface area contributed by atoms with Crippen LogP contribution in [-0.4, -0.2) is 125 Å². The van der Waals surface area contributed by atoms with Crippen LogP contribution in [0.25, 0.3) is 16.8 Å². The number of anilines is 1. The first-order valence-electron chi connectivity index (χ1n) is 13.1. The van der Waals surface area contributed by atoms with Crippen LogP contribution in [-0.2, 0) is 14.3 Å². The molecule has 0 bridgehead atoms. The van der Waals surface area contributed by atoms with E-state index in [0.29, 0.717) is 57.3 Å². The third-order valence-corrected chi connectivity index (χ3v) is 7.41. The van der Waals surface area contributed by atoms with E-state index < -0.39 is 6.10 Å². The average Bonchev–Trinajstić information content (AvgIpc) is 3.51. The molecular formula is C26H30N8O6. The minimum absolute atomic E-state index is 0.0125. The number of hydrogen-bond acceptors (Lipinski definition) is 10. The number of amides is 3. The van der Waals surface area contributed by atoms with Crippen LogP contribution in [0.3, 0.4) is 0 Å². The van der Waals surface area contributed by atoms with Crippen LogP contribution in [0.1, 0.15) is 6.42 Å². The molecule has 3 saturated heterocycles. The highest BCUT2D eigenvalue weighted by atomic mass is 16.6. The van der Waals surface area contributed by atoms with Gasteiger partial charge in [0, 0.05) is 51.2 Å². The fourth-order valence-corrected chi connectivity index (χ4v) is 5.10. The van der Waals surface area contributed by atoms with Gasteiger partial charge in [0.05, 0.1) is 44.9 Å². The number of likely N-dealkylation sites (N-methyl/N-ethyl adjacent to an activating group) is 1. The lowest BCUT2D eigenvalue weighted by Gasteiger charge is -2.37. The Balaban J connectivity index is 1.13. The zero-order valence-electron chi connectivity index (χ0n) is 22.3. The van der Waals surface area contributed by atoms with Crippen molar-refractivity contribution < 1.29 is 28.6 Å². The summed E-state index contributed by atoms with van der Waals surface area (Å²) < 4.78 is 18.1. The second kappa shape index (κ2) is 10.5. The molecule has 3 aromatic heterocycles. The van der Waals surface area contributed by atoms with Crippen molar-refractivity contribution in [1.29, 1.82) is 0 Å². The summed E-state index contributed by atoms with van der Waals surface area (Å²) in [6.45, 7) is 3.43. The van der Waals surface area contributed by atoms with Gasteiger partial charge in [-0.15, -0.1) is 0 Å². The first kappa shape index (κ1) is 25.6. The van der Waals surface area contributed by atoms with Crippen molar-refractivity contribution in [1.82, 2.24) is 34.3 Å². The number of piperazine rings is 1. The first-order chi connectivity index (χ1) is 19.4. The second-order valence-corrected chi connectivity index (χ2v) is 10.0. The predicted molar refractivity (Wildman–Crippen MR) is 141 cm³/mol. The molecule has 0 unspecified atom stereocenters. The van der Waals surface area contributed by atoms with Gasteiger partial charge < -0.3 is 33.8 Å². The highest BCUT2D eigenvalue weighted by molar-refractivity contribution is 5.81. The van der Waals surface area contributed by atoms with Gasteiger partial charge in [0.25, 0.3) is 0 Å². The van der Waals surface area contributed by atoms with Crippen molar-refractivity contribution in [3.05, 3.63) is 36.8 Å². The van der Waals surface area contributed by atoms with Gasteiger partial charge in [0.15, 0.2) is 5.65 Å². The molecule has 0 N–H and O–H groups in total. The highest BCUT2D eigenvalue weighted by Crippen LogP contribution is 2.32. The maximum atomic E-state index is 12.6. The first-order valence-corrected chi connectivity index (χ1v) is 13.1. The van der Waals surface area contributed by atoms with E-state index in [1.807, 2.05) is 24.4 Å². The van der Waals surface area contributed by atoms with Crippen molar-refractivity contribution in [3.63, 3.8) is 0 Å². The van der Waals surface area contributed by atoms with Crippen LogP contribution >= 0.6 is 0 Å². The number of methoxy groups -OCH3 is 1. The molecule has 3 aromatic rings. The highest BCUT2D eigenvalue weighted by Gasteiger charge is 2.34. The number of likely N-dealkylation sites (tertiary alicyclic amines) is 2. The Morgan fingerprint density at radius 2 is 1.77 bits per heavy atom. The molecule has 3 aliphatic heterocycles. The minimum Gasteiger partial charge on any atom is -0.470 e. The molecule has 210 valence electrons. The predicted octanol–water partition coefficient (Wildman–Crippen LogP) is 1.11. The van der Waals surface area contributed by atoms with E-state index in [9.17, 15) is 14.4 Å². The quantitative estimate of drug-likeness (QED) is 0.455. The largest absolute Gasteiger partial charge is 0.470 e. The van der Waals surface area contributed by atoms with Gasteiger partial charge in [0.1, 0.15) is 18.0 Å². The maximum absolute atomic E-state index is 12.6. The molecule has 0 spiro atoms. The SMILES string of the molecule is COC(=O)N1CC(Oc2ncccc2-c2cnn3ccc(N4CCN(C(=O)O[C@@H]5CC(=O)N(C)C5)CC4)nc23)C1. The zero-order valence-corrected chi connectivity index (χ0v) is 22.3. The molecule has 1 atom stereocenters. The summed E-state index contributed by atoms with van der Waals surface area (Å²) in [6, 6.07) is 5.63. The molecule has 0 aliphatic carbocycles. The van der Waals surface area contributed by atoms with Crippen LogP contribution in [0.15, 0.2) is 36.8 Å². The minimum atomic E-state index is -0.398. The summed E-state index contributed by atoms with van der Waals surface area (Å²) >= 11 is 0. The zero-order chi connectivity index (χ0) is 27.8. The number of ether oxygens (including phenoxy) is 3. The molecule has 3 amide bonds. The molecule has 3 aliphatic rings. The van der Waals surface area contributed by atoms with E-state index >= 15 is 0 Å². The Labute approximate surface area is 230 Å². The van der Waals surface area contributed by atoms with Crippen molar-refractivity contribution in [3.8, 4) is 17.0 Å². The molecule has 14 heteroatoms. The monoisotopic (exact) mass is 550 g/mol. The maximum Gasteiger partial charge on any atom is 0.410 e. The molecule has 0 radical (unpaired) electrons. The summed E-state index contributed by atoms with van der Waals surface area (Å²) in [5.41, 5.74) is 2.17. The number of rotatable bonds is 5. The lowest BCUT2D eigenvalue weighted by atomic mass is 10.1. The van der Waals surface area contributed by atoms with E-state index in [1.165, 1.54) is 7.11 Å². The van der Waals surface area contributed by atoms with Crippen LogP contribution in [0.2, 0.25) is 0 Å². The molecule has 3 fully saturated rings. The van der Waals surface area contributed by atoms with Gasteiger partial charge in [-0.25, -0.2) is 24.1 Å². The molecule has 6 rings (SSSR count). The van der Waals surface area contributed by atoms with Gasteiger partial charge in [-0.05, 0) is 18.2 Å². The van der Waals surface area contributed by atoms with Gasteiger partial charge in [-0.2, -0.15) is 5.10 Å². The Hall–Kier alpha value is -4.62. The number of hydrogen-bond donors (Lipinski definition) is 0. The summed E-state index contributed by atoms with van der Waals surface area (Å²) in [4.78, 5) is 52.3. The molecule has 6 heterocycles. The van der Waals surface area contributed by atoms with Crippen molar-refractivity contribution >= 4 is 29.6 Å². The Morgan fingerprint density at radius 1 is 0.975 bits per heavy atom. The van der Waals surface area contributed by atoms with Crippen LogP contribution in [0, 0.1) is 0 Å².